The van der Waals surface area contributed by atoms with Crippen molar-refractivity contribution in [2.75, 3.05) is 39.0 Å². The Morgan fingerprint density at radius 3 is 2.50 bits per heavy atom. The second-order valence-corrected chi connectivity index (χ2v) is 7.88. The molecule has 0 spiro atoms. The number of likely N-dealkylation sites (tertiary alicyclic amines) is 1. The van der Waals surface area contributed by atoms with Crippen LogP contribution in [0.3, 0.4) is 0 Å². The van der Waals surface area contributed by atoms with Crippen LogP contribution >= 0.6 is 11.8 Å². The minimum absolute atomic E-state index is 0.472. The number of hydrogen-bond donors (Lipinski definition) is 1. The normalized spacial score (nSPS) is 28.5. The van der Waals surface area contributed by atoms with Crippen LogP contribution in [-0.2, 0) is 0 Å². The van der Waals surface area contributed by atoms with E-state index in [1.54, 1.807) is 0 Å². The van der Waals surface area contributed by atoms with E-state index in [0.29, 0.717) is 5.41 Å². The van der Waals surface area contributed by atoms with E-state index in [0.717, 1.165) is 11.2 Å². The number of nitrogens with one attached hydrogen (secondary N) is 1. The number of hydrogen-bond acceptors (Lipinski definition) is 3. The van der Waals surface area contributed by atoms with E-state index in [-0.39, 0.29) is 0 Å². The maximum Gasteiger partial charge on any atom is 0.00685 e. The van der Waals surface area contributed by atoms with Gasteiger partial charge < -0.3 is 10.2 Å². The van der Waals surface area contributed by atoms with Gasteiger partial charge in [-0.1, -0.05) is 13.8 Å². The average Bonchev–Trinajstić information content (AvgIpc) is 2.40. The van der Waals surface area contributed by atoms with E-state index in [9.17, 15) is 0 Å². The molecule has 0 aromatic heterocycles. The van der Waals surface area contributed by atoms with Crippen molar-refractivity contribution in [1.29, 1.82) is 0 Å². The zero-order chi connectivity index (χ0) is 13.0. The molecule has 2 saturated heterocycles. The van der Waals surface area contributed by atoms with E-state index >= 15 is 0 Å². The van der Waals surface area contributed by atoms with Gasteiger partial charge in [0.05, 0.1) is 0 Å². The van der Waals surface area contributed by atoms with Crippen LogP contribution in [0.25, 0.3) is 0 Å². The molecule has 1 atom stereocenters. The zero-order valence-corrected chi connectivity index (χ0v) is 13.2. The fourth-order valence-corrected chi connectivity index (χ4v) is 4.21. The Balaban J connectivity index is 1.80. The predicted molar refractivity (Wildman–Crippen MR) is 82.4 cm³/mol. The standard InChI is InChI=1S/C15H30N2S/c1-15(2,13-5-4-8-16-11-13)12-17-9-6-14(18-3)7-10-17/h13-14,16H,4-12H2,1-3H3. The molecule has 0 aromatic rings. The highest BCUT2D eigenvalue weighted by Crippen LogP contribution is 2.33. The van der Waals surface area contributed by atoms with Crippen LogP contribution < -0.4 is 5.32 Å². The van der Waals surface area contributed by atoms with Crippen LogP contribution in [0.2, 0.25) is 0 Å². The summed E-state index contributed by atoms with van der Waals surface area (Å²) < 4.78 is 0. The van der Waals surface area contributed by atoms with Crippen molar-refractivity contribution < 1.29 is 0 Å². The summed E-state index contributed by atoms with van der Waals surface area (Å²) in [4.78, 5) is 2.71. The molecule has 2 fully saturated rings. The molecule has 3 heteroatoms. The summed E-state index contributed by atoms with van der Waals surface area (Å²) in [5, 5.41) is 4.49. The molecule has 0 bridgehead atoms. The smallest absolute Gasteiger partial charge is 0.00685 e. The minimum atomic E-state index is 0.472. The number of thioether (sulfide) groups is 1. The zero-order valence-electron chi connectivity index (χ0n) is 12.4. The third-order valence-corrected chi connectivity index (χ3v) is 6.04. The van der Waals surface area contributed by atoms with Crippen molar-refractivity contribution in [2.45, 2.75) is 44.8 Å². The third kappa shape index (κ3) is 3.88. The molecule has 2 nitrogen and oxygen atoms in total. The number of rotatable bonds is 4. The van der Waals surface area contributed by atoms with Gasteiger partial charge in [0, 0.05) is 11.8 Å². The van der Waals surface area contributed by atoms with Gasteiger partial charge in [0.25, 0.3) is 0 Å². The minimum Gasteiger partial charge on any atom is -0.316 e. The summed E-state index contributed by atoms with van der Waals surface area (Å²) in [5.74, 6) is 0.865. The van der Waals surface area contributed by atoms with Crippen molar-refractivity contribution in [3.05, 3.63) is 0 Å². The lowest BCUT2D eigenvalue weighted by atomic mass is 9.74. The first kappa shape index (κ1) is 14.7. The quantitative estimate of drug-likeness (QED) is 0.846. The van der Waals surface area contributed by atoms with Gasteiger partial charge in [0.2, 0.25) is 0 Å². The molecule has 106 valence electrons. The summed E-state index contributed by atoms with van der Waals surface area (Å²) in [6.07, 6.45) is 7.82. The van der Waals surface area contributed by atoms with Gasteiger partial charge in [-0.15, -0.1) is 0 Å². The molecule has 0 aromatic carbocycles. The summed E-state index contributed by atoms with van der Waals surface area (Å²) >= 11 is 2.06. The second kappa shape index (κ2) is 6.62. The fourth-order valence-electron chi connectivity index (χ4n) is 3.53. The van der Waals surface area contributed by atoms with Crippen LogP contribution in [0, 0.1) is 11.3 Å². The van der Waals surface area contributed by atoms with Gasteiger partial charge in [-0.25, -0.2) is 0 Å². The molecule has 0 amide bonds. The molecule has 1 N–H and O–H groups in total. The number of nitrogens with zero attached hydrogens (tertiary/aromatic N) is 1. The summed E-state index contributed by atoms with van der Waals surface area (Å²) in [5.41, 5.74) is 0.472. The van der Waals surface area contributed by atoms with Gasteiger partial charge in [0.15, 0.2) is 0 Å². The van der Waals surface area contributed by atoms with Crippen LogP contribution in [0.4, 0.5) is 0 Å². The second-order valence-electron chi connectivity index (χ2n) is 6.74. The molecule has 2 rings (SSSR count). The highest BCUT2D eigenvalue weighted by Gasteiger charge is 2.33. The van der Waals surface area contributed by atoms with Gasteiger partial charge in [-0.2, -0.15) is 11.8 Å². The van der Waals surface area contributed by atoms with Crippen molar-refractivity contribution >= 4 is 11.8 Å². The van der Waals surface area contributed by atoms with Crippen molar-refractivity contribution in [1.82, 2.24) is 10.2 Å². The summed E-state index contributed by atoms with van der Waals surface area (Å²) in [6.45, 7) is 11.3. The topological polar surface area (TPSA) is 15.3 Å². The summed E-state index contributed by atoms with van der Waals surface area (Å²) in [7, 11) is 0. The van der Waals surface area contributed by atoms with Gasteiger partial charge in [-0.3, -0.25) is 0 Å². The molecule has 18 heavy (non-hydrogen) atoms. The lowest BCUT2D eigenvalue weighted by Gasteiger charge is -2.42. The Morgan fingerprint density at radius 2 is 1.94 bits per heavy atom. The van der Waals surface area contributed by atoms with Crippen LogP contribution in [0.1, 0.15) is 39.5 Å². The van der Waals surface area contributed by atoms with E-state index in [4.69, 9.17) is 0 Å². The lowest BCUT2D eigenvalue weighted by molar-refractivity contribution is 0.0899. The maximum absolute atomic E-state index is 3.57. The maximum atomic E-state index is 3.57. The molecule has 2 aliphatic heterocycles. The summed E-state index contributed by atoms with van der Waals surface area (Å²) in [6, 6.07) is 0. The van der Waals surface area contributed by atoms with Gasteiger partial charge >= 0.3 is 0 Å². The first-order chi connectivity index (χ1) is 8.62. The SMILES string of the molecule is CSC1CCN(CC(C)(C)C2CCCNC2)CC1. The van der Waals surface area contributed by atoms with Crippen molar-refractivity contribution in [2.24, 2.45) is 11.3 Å². The van der Waals surface area contributed by atoms with Crippen LogP contribution in [0.15, 0.2) is 0 Å². The fraction of sp³-hybridized carbons (Fsp3) is 1.00. The van der Waals surface area contributed by atoms with Gasteiger partial charge in [0.1, 0.15) is 0 Å². The molecule has 1 unspecified atom stereocenters. The first-order valence-electron chi connectivity index (χ1n) is 7.57. The third-order valence-electron chi connectivity index (χ3n) is 4.90. The molecular formula is C15H30N2S. The molecule has 2 aliphatic rings. The molecule has 0 radical (unpaired) electrons. The Morgan fingerprint density at radius 1 is 1.22 bits per heavy atom. The Kier molecular flexibility index (Phi) is 5.40. The lowest BCUT2D eigenvalue weighted by Crippen LogP contribution is -2.47. The highest BCUT2D eigenvalue weighted by molar-refractivity contribution is 7.99. The van der Waals surface area contributed by atoms with E-state index in [2.05, 4.69) is 42.1 Å². The van der Waals surface area contributed by atoms with E-state index < -0.39 is 0 Å². The van der Waals surface area contributed by atoms with Crippen molar-refractivity contribution in [3.8, 4) is 0 Å². The molecule has 0 saturated carbocycles. The van der Waals surface area contributed by atoms with E-state index in [1.165, 1.54) is 58.4 Å². The van der Waals surface area contributed by atoms with E-state index in [1.807, 2.05) is 0 Å². The predicted octanol–water partition coefficient (Wildman–Crippen LogP) is 2.84. The van der Waals surface area contributed by atoms with Gasteiger partial charge in [-0.05, 0) is 69.5 Å². The highest BCUT2D eigenvalue weighted by atomic mass is 32.2. The monoisotopic (exact) mass is 270 g/mol. The Hall–Kier alpha value is 0.270. The molecular weight excluding hydrogens is 240 g/mol. The Labute approximate surface area is 117 Å². The first-order valence-corrected chi connectivity index (χ1v) is 8.86. The van der Waals surface area contributed by atoms with Crippen molar-refractivity contribution in [3.63, 3.8) is 0 Å². The largest absolute Gasteiger partial charge is 0.316 e. The van der Waals surface area contributed by atoms with Crippen LogP contribution in [0.5, 0.6) is 0 Å². The average molecular weight is 270 g/mol. The molecule has 0 aliphatic carbocycles. The number of piperidine rings is 2. The van der Waals surface area contributed by atoms with Crippen LogP contribution in [-0.4, -0.2) is 49.1 Å². The Bertz CT molecular complexity index is 241. The molecule has 2 heterocycles.